The molecule has 120 valence electrons. The molecule has 0 bridgehead atoms. The van der Waals surface area contributed by atoms with Crippen LogP contribution in [0.3, 0.4) is 0 Å². The molecule has 0 aliphatic rings. The van der Waals surface area contributed by atoms with Gasteiger partial charge in [0, 0.05) is 36.0 Å². The Morgan fingerprint density at radius 2 is 1.92 bits per heavy atom. The van der Waals surface area contributed by atoms with Crippen LogP contribution in [0.2, 0.25) is 5.15 Å². The first-order chi connectivity index (χ1) is 12.2. The third-order valence-electron chi connectivity index (χ3n) is 3.94. The lowest BCUT2D eigenvalue weighted by molar-refractivity contribution is 0.776. The molecule has 0 saturated heterocycles. The van der Waals surface area contributed by atoms with Gasteiger partial charge in [0.15, 0.2) is 5.65 Å². The normalized spacial score (nSPS) is 10.8. The maximum absolute atomic E-state index is 9.47. The highest BCUT2D eigenvalue weighted by Crippen LogP contribution is 2.32. The summed E-state index contributed by atoms with van der Waals surface area (Å²) in [5.41, 5.74) is 4.20. The number of hydrogen-bond donors (Lipinski definition) is 0. The summed E-state index contributed by atoms with van der Waals surface area (Å²) in [4.78, 5) is 8.76. The van der Waals surface area contributed by atoms with Crippen molar-refractivity contribution in [2.24, 2.45) is 7.05 Å². The summed E-state index contributed by atoms with van der Waals surface area (Å²) in [6, 6.07) is 15.7. The van der Waals surface area contributed by atoms with Crippen LogP contribution in [-0.2, 0) is 7.05 Å². The molecule has 0 spiro atoms. The Bertz CT molecular complexity index is 1130. The summed E-state index contributed by atoms with van der Waals surface area (Å²) in [5.74, 6) is 0. The van der Waals surface area contributed by atoms with Crippen molar-refractivity contribution in [3.05, 3.63) is 65.6 Å². The van der Waals surface area contributed by atoms with Crippen molar-refractivity contribution < 1.29 is 0 Å². The van der Waals surface area contributed by atoms with Crippen LogP contribution >= 0.6 is 11.6 Å². The van der Waals surface area contributed by atoms with Crippen LogP contribution in [0.1, 0.15) is 5.56 Å². The van der Waals surface area contributed by atoms with E-state index in [-0.39, 0.29) is 5.15 Å². The molecule has 25 heavy (non-hydrogen) atoms. The predicted octanol–water partition coefficient (Wildman–Crippen LogP) is 4.22. The summed E-state index contributed by atoms with van der Waals surface area (Å²) in [5, 5.41) is 14.8. The van der Waals surface area contributed by atoms with Crippen molar-refractivity contribution in [3.63, 3.8) is 0 Å². The van der Waals surface area contributed by atoms with Crippen LogP contribution in [0.15, 0.2) is 54.9 Å². The molecule has 0 atom stereocenters. The monoisotopic (exact) mass is 345 g/mol. The van der Waals surface area contributed by atoms with E-state index in [4.69, 9.17) is 11.6 Å². The maximum Gasteiger partial charge on any atom is 0.181 e. The van der Waals surface area contributed by atoms with Gasteiger partial charge in [0.1, 0.15) is 11.2 Å². The molecule has 4 aromatic rings. The van der Waals surface area contributed by atoms with E-state index in [9.17, 15) is 5.26 Å². The minimum Gasteiger partial charge on any atom is -0.273 e. The molecule has 0 aliphatic carbocycles. The summed E-state index contributed by atoms with van der Waals surface area (Å²) in [6.45, 7) is 0. The van der Waals surface area contributed by atoms with Crippen LogP contribution in [0.4, 0.5) is 0 Å². The summed E-state index contributed by atoms with van der Waals surface area (Å²) >= 11 is 6.29. The zero-order valence-corrected chi connectivity index (χ0v) is 14.1. The van der Waals surface area contributed by atoms with Gasteiger partial charge in [0.05, 0.1) is 11.3 Å². The number of nitrogens with zero attached hydrogens (tertiary/aromatic N) is 5. The SMILES string of the molecule is Cn1cc2cc(-c3cc(-c4ccccc4)c(C#N)c(Cl)n3)cnc2n1. The molecule has 0 saturated carbocycles. The first-order valence-corrected chi connectivity index (χ1v) is 7.99. The van der Waals surface area contributed by atoms with E-state index in [2.05, 4.69) is 21.1 Å². The Morgan fingerprint density at radius 3 is 2.68 bits per heavy atom. The lowest BCUT2D eigenvalue weighted by atomic mass is 9.99. The average Bonchev–Trinajstić information content (AvgIpc) is 3.01. The van der Waals surface area contributed by atoms with Gasteiger partial charge < -0.3 is 0 Å². The molecule has 4 rings (SSSR count). The summed E-state index contributed by atoms with van der Waals surface area (Å²) < 4.78 is 1.72. The highest BCUT2D eigenvalue weighted by Gasteiger charge is 2.14. The Balaban J connectivity index is 1.92. The second-order valence-electron chi connectivity index (χ2n) is 5.64. The Morgan fingerprint density at radius 1 is 1.12 bits per heavy atom. The van der Waals surface area contributed by atoms with Crippen LogP contribution in [-0.4, -0.2) is 19.7 Å². The van der Waals surface area contributed by atoms with Gasteiger partial charge in [-0.15, -0.1) is 0 Å². The van der Waals surface area contributed by atoms with Gasteiger partial charge >= 0.3 is 0 Å². The summed E-state index contributed by atoms with van der Waals surface area (Å²) in [6.07, 6.45) is 3.62. The average molecular weight is 346 g/mol. The number of benzene rings is 1. The fourth-order valence-electron chi connectivity index (χ4n) is 2.79. The number of aryl methyl sites for hydroxylation is 1. The molecule has 0 fully saturated rings. The van der Waals surface area contributed by atoms with Crippen molar-refractivity contribution >= 4 is 22.6 Å². The van der Waals surface area contributed by atoms with Gasteiger partial charge in [-0.2, -0.15) is 10.4 Å². The zero-order valence-electron chi connectivity index (χ0n) is 13.3. The van der Waals surface area contributed by atoms with Crippen LogP contribution in [0.25, 0.3) is 33.4 Å². The first-order valence-electron chi connectivity index (χ1n) is 7.61. The van der Waals surface area contributed by atoms with E-state index < -0.39 is 0 Å². The van der Waals surface area contributed by atoms with Crippen LogP contribution < -0.4 is 0 Å². The molecule has 6 heteroatoms. The molecule has 0 amide bonds. The minimum absolute atomic E-state index is 0.185. The molecule has 0 radical (unpaired) electrons. The van der Waals surface area contributed by atoms with E-state index in [1.54, 1.807) is 10.9 Å². The number of fused-ring (bicyclic) bond motifs is 1. The number of pyridine rings is 2. The zero-order chi connectivity index (χ0) is 17.4. The number of aromatic nitrogens is 4. The van der Waals surface area contributed by atoms with Crippen molar-refractivity contribution in [3.8, 4) is 28.5 Å². The molecule has 1 aromatic carbocycles. The molecular formula is C19H12ClN5. The van der Waals surface area contributed by atoms with E-state index in [0.29, 0.717) is 16.9 Å². The molecule has 0 unspecified atom stereocenters. The van der Waals surface area contributed by atoms with Crippen molar-refractivity contribution in [1.82, 2.24) is 19.7 Å². The van der Waals surface area contributed by atoms with Gasteiger partial charge in [0.2, 0.25) is 0 Å². The third-order valence-corrected chi connectivity index (χ3v) is 4.21. The van der Waals surface area contributed by atoms with Crippen molar-refractivity contribution in [2.75, 3.05) is 0 Å². The van der Waals surface area contributed by atoms with E-state index in [0.717, 1.165) is 22.1 Å². The largest absolute Gasteiger partial charge is 0.273 e. The van der Waals surface area contributed by atoms with Crippen LogP contribution in [0.5, 0.6) is 0 Å². The fraction of sp³-hybridized carbons (Fsp3) is 0.0526. The van der Waals surface area contributed by atoms with Gasteiger partial charge in [-0.25, -0.2) is 9.97 Å². The van der Waals surface area contributed by atoms with Crippen molar-refractivity contribution in [1.29, 1.82) is 5.26 Å². The van der Waals surface area contributed by atoms with E-state index in [1.165, 1.54) is 0 Å². The standard InChI is InChI=1S/C19H12ClN5/c1-25-11-14-7-13(10-22-19(14)24-25)17-8-15(12-5-3-2-4-6-12)16(9-21)18(20)23-17/h2-8,10-11H,1H3. The van der Waals surface area contributed by atoms with Crippen molar-refractivity contribution in [2.45, 2.75) is 0 Å². The van der Waals surface area contributed by atoms with Gasteiger partial charge in [-0.05, 0) is 17.7 Å². The number of nitriles is 1. The highest BCUT2D eigenvalue weighted by molar-refractivity contribution is 6.31. The Kier molecular flexibility index (Phi) is 3.68. The summed E-state index contributed by atoms with van der Waals surface area (Å²) in [7, 11) is 1.85. The maximum atomic E-state index is 9.47. The number of halogens is 1. The first kappa shape index (κ1) is 15.3. The minimum atomic E-state index is 0.185. The van der Waals surface area contributed by atoms with Gasteiger partial charge in [-0.3, -0.25) is 4.68 Å². The smallest absolute Gasteiger partial charge is 0.181 e. The van der Waals surface area contributed by atoms with Gasteiger partial charge in [0.25, 0.3) is 0 Å². The highest BCUT2D eigenvalue weighted by atomic mass is 35.5. The topological polar surface area (TPSA) is 67.4 Å². The number of hydrogen-bond acceptors (Lipinski definition) is 4. The lowest BCUT2D eigenvalue weighted by Gasteiger charge is -2.09. The fourth-order valence-corrected chi connectivity index (χ4v) is 3.02. The molecule has 5 nitrogen and oxygen atoms in total. The van der Waals surface area contributed by atoms with Crippen LogP contribution in [0, 0.1) is 11.3 Å². The van der Waals surface area contributed by atoms with E-state index in [1.807, 2.05) is 55.7 Å². The second kappa shape index (κ2) is 6.00. The third kappa shape index (κ3) is 2.73. The Labute approximate surface area is 149 Å². The second-order valence-corrected chi connectivity index (χ2v) is 6.00. The molecule has 0 N–H and O–H groups in total. The molecule has 3 heterocycles. The van der Waals surface area contributed by atoms with Gasteiger partial charge in [-0.1, -0.05) is 41.9 Å². The quantitative estimate of drug-likeness (QED) is 0.510. The molecule has 0 aliphatic heterocycles. The number of rotatable bonds is 2. The molecular weight excluding hydrogens is 334 g/mol. The van der Waals surface area contributed by atoms with E-state index >= 15 is 0 Å². The molecule has 3 aromatic heterocycles. The Hall–Kier alpha value is -3.23. The predicted molar refractivity (Wildman–Crippen MR) is 96.9 cm³/mol. The lowest BCUT2D eigenvalue weighted by Crippen LogP contribution is -1.93.